The minimum Gasteiger partial charge on any atom is -0.481 e. The lowest BCUT2D eigenvalue weighted by Crippen LogP contribution is -2.43. The summed E-state index contributed by atoms with van der Waals surface area (Å²) in [6.07, 6.45) is 2.95. The molecule has 4 aromatic carbocycles. The second-order valence-corrected chi connectivity index (χ2v) is 11.7. The number of oxazole rings is 1. The van der Waals surface area contributed by atoms with Crippen LogP contribution in [0.4, 0.5) is 0 Å². The number of esters is 1. The van der Waals surface area contributed by atoms with Crippen LogP contribution in [0.3, 0.4) is 0 Å². The highest BCUT2D eigenvalue weighted by Gasteiger charge is 2.32. The first-order chi connectivity index (χ1) is 23.1. The van der Waals surface area contributed by atoms with E-state index in [0.29, 0.717) is 23.5 Å². The molecule has 0 saturated carbocycles. The summed E-state index contributed by atoms with van der Waals surface area (Å²) in [4.78, 5) is 55.8. The molecule has 10 nitrogen and oxygen atoms in total. The number of para-hydroxylation sites is 2. The van der Waals surface area contributed by atoms with Crippen molar-refractivity contribution in [3.8, 4) is 0 Å². The van der Waals surface area contributed by atoms with Crippen LogP contribution in [0.25, 0.3) is 27.9 Å². The highest BCUT2D eigenvalue weighted by Crippen LogP contribution is 2.31. The van der Waals surface area contributed by atoms with Gasteiger partial charge in [-0.3, -0.25) is 14.4 Å². The van der Waals surface area contributed by atoms with Crippen molar-refractivity contribution in [2.24, 2.45) is 5.92 Å². The van der Waals surface area contributed by atoms with E-state index in [0.717, 1.165) is 27.4 Å². The van der Waals surface area contributed by atoms with Crippen LogP contribution in [0, 0.1) is 5.92 Å². The number of aliphatic carboxylic acids is 2. The highest BCUT2D eigenvalue weighted by molar-refractivity contribution is 5.89. The molecule has 48 heavy (non-hydrogen) atoms. The third-order valence-electron chi connectivity index (χ3n) is 8.47. The van der Waals surface area contributed by atoms with Crippen molar-refractivity contribution in [3.63, 3.8) is 0 Å². The Morgan fingerprint density at radius 3 is 2.29 bits per heavy atom. The smallest absolute Gasteiger partial charge is 0.337 e. The lowest BCUT2D eigenvalue weighted by molar-refractivity contribution is -0.151. The number of methoxy groups -OCH3 is 1. The Balaban J connectivity index is 1.51. The zero-order valence-electron chi connectivity index (χ0n) is 26.6. The number of nitrogens with zero attached hydrogens (tertiary/aromatic N) is 2. The second-order valence-electron chi connectivity index (χ2n) is 11.7. The fourth-order valence-corrected chi connectivity index (χ4v) is 5.87. The fraction of sp³-hybridized carbons (Fsp3) is 0.237. The van der Waals surface area contributed by atoms with E-state index in [4.69, 9.17) is 9.15 Å². The van der Waals surface area contributed by atoms with Crippen LogP contribution in [-0.4, -0.2) is 57.1 Å². The van der Waals surface area contributed by atoms with Gasteiger partial charge in [0.2, 0.25) is 11.8 Å². The molecule has 0 radical (unpaired) electrons. The Morgan fingerprint density at radius 1 is 0.896 bits per heavy atom. The highest BCUT2D eigenvalue weighted by atomic mass is 16.5. The first-order valence-corrected chi connectivity index (χ1v) is 15.5. The monoisotopic (exact) mass is 648 g/mol. The average Bonchev–Trinajstić information content (AvgIpc) is 3.51. The Bertz CT molecular complexity index is 1930. The van der Waals surface area contributed by atoms with E-state index in [-0.39, 0.29) is 12.5 Å². The fourth-order valence-electron chi connectivity index (χ4n) is 5.87. The number of hydrogen-bond acceptors (Lipinski definition) is 7. The molecule has 0 aliphatic carbocycles. The van der Waals surface area contributed by atoms with Crippen molar-refractivity contribution in [1.82, 2.24) is 9.88 Å². The number of carboxylic acids is 2. The lowest BCUT2D eigenvalue weighted by Gasteiger charge is -2.36. The number of benzene rings is 4. The van der Waals surface area contributed by atoms with Crippen molar-refractivity contribution in [3.05, 3.63) is 120 Å². The van der Waals surface area contributed by atoms with Gasteiger partial charge in [-0.2, -0.15) is 0 Å². The number of hydrogen-bond donors (Lipinski definition) is 2. The van der Waals surface area contributed by atoms with Gasteiger partial charge in [0.1, 0.15) is 5.52 Å². The van der Waals surface area contributed by atoms with Gasteiger partial charge in [0.15, 0.2) is 5.58 Å². The first-order valence-electron chi connectivity index (χ1n) is 15.5. The van der Waals surface area contributed by atoms with Gasteiger partial charge in [-0.1, -0.05) is 66.7 Å². The minimum atomic E-state index is -1.39. The number of allylic oxidation sites excluding steroid dienone is 1. The Morgan fingerprint density at radius 2 is 1.60 bits per heavy atom. The van der Waals surface area contributed by atoms with Crippen molar-refractivity contribution in [2.75, 3.05) is 7.11 Å². The van der Waals surface area contributed by atoms with Gasteiger partial charge < -0.3 is 24.3 Å². The molecule has 0 spiro atoms. The molecule has 5 aromatic rings. The number of ether oxygens (including phenoxy) is 1. The van der Waals surface area contributed by atoms with Gasteiger partial charge in [-0.15, -0.1) is 0 Å². The van der Waals surface area contributed by atoms with Gasteiger partial charge in [0.05, 0.1) is 25.0 Å². The molecular formula is C38H36N2O8. The summed E-state index contributed by atoms with van der Waals surface area (Å²) in [5.41, 5.74) is 3.41. The van der Waals surface area contributed by atoms with Crippen LogP contribution in [0.1, 0.15) is 59.5 Å². The van der Waals surface area contributed by atoms with E-state index < -0.39 is 48.6 Å². The Labute approximate surface area is 277 Å². The van der Waals surface area contributed by atoms with E-state index in [1.807, 2.05) is 91.9 Å². The van der Waals surface area contributed by atoms with Crippen LogP contribution in [0.2, 0.25) is 0 Å². The van der Waals surface area contributed by atoms with Crippen molar-refractivity contribution in [2.45, 2.75) is 44.7 Å². The molecule has 3 atom stereocenters. The molecule has 0 aliphatic heterocycles. The standard InChI is InChI=1S/C38H36N2O8/c1-24(40(35(41)21-30(37(44)45)22-36(42)43)23-25-14-15-26-8-3-4-9-29(26)20-25)31(27-16-18-28(19-17-27)38(46)47-2)10-7-13-34-39-32-11-5-6-12-33(32)48-34/h3-9,11-20,24,30-31H,10,21-23H2,1-2H3,(H,42,43)(H,44,45)/t24-,30+,31+/m0/s1. The Kier molecular flexibility index (Phi) is 10.6. The molecule has 1 heterocycles. The van der Waals surface area contributed by atoms with Crippen molar-refractivity contribution in [1.29, 1.82) is 0 Å². The number of carbonyl (C=O) groups is 4. The zero-order valence-corrected chi connectivity index (χ0v) is 26.6. The predicted molar refractivity (Wildman–Crippen MR) is 180 cm³/mol. The topological polar surface area (TPSA) is 147 Å². The molecule has 0 aliphatic rings. The van der Waals surface area contributed by atoms with Crippen LogP contribution < -0.4 is 0 Å². The molecule has 2 N–H and O–H groups in total. The Hall–Kier alpha value is -5.77. The quantitative estimate of drug-likeness (QED) is 0.122. The summed E-state index contributed by atoms with van der Waals surface area (Å²) in [5, 5.41) is 21.1. The largest absolute Gasteiger partial charge is 0.481 e. The molecule has 246 valence electrons. The van der Waals surface area contributed by atoms with E-state index in [1.54, 1.807) is 23.1 Å². The molecule has 1 aromatic heterocycles. The van der Waals surface area contributed by atoms with E-state index in [9.17, 15) is 29.4 Å². The first kappa shape index (κ1) is 33.6. The maximum atomic E-state index is 14.0. The lowest BCUT2D eigenvalue weighted by atomic mass is 9.87. The number of rotatable bonds is 14. The van der Waals surface area contributed by atoms with Crippen molar-refractivity contribution >= 4 is 51.8 Å². The zero-order chi connectivity index (χ0) is 34.2. The van der Waals surface area contributed by atoms with E-state index in [1.165, 1.54) is 7.11 Å². The second kappa shape index (κ2) is 15.2. The van der Waals surface area contributed by atoms with Gasteiger partial charge in [0, 0.05) is 24.9 Å². The molecule has 0 bridgehead atoms. The van der Waals surface area contributed by atoms with E-state index >= 15 is 0 Å². The van der Waals surface area contributed by atoms with Gasteiger partial charge in [-0.05, 0) is 71.7 Å². The van der Waals surface area contributed by atoms with Crippen LogP contribution in [0.15, 0.2) is 101 Å². The molecule has 5 rings (SSSR count). The normalized spacial score (nSPS) is 13.3. The number of aromatic nitrogens is 1. The predicted octanol–water partition coefficient (Wildman–Crippen LogP) is 6.94. The van der Waals surface area contributed by atoms with Crippen LogP contribution in [-0.2, 0) is 25.7 Å². The maximum absolute atomic E-state index is 14.0. The van der Waals surface area contributed by atoms with Crippen LogP contribution in [0.5, 0.6) is 0 Å². The van der Waals surface area contributed by atoms with Crippen LogP contribution >= 0.6 is 0 Å². The summed E-state index contributed by atoms with van der Waals surface area (Å²) in [7, 11) is 1.31. The van der Waals surface area contributed by atoms with Gasteiger partial charge >= 0.3 is 17.9 Å². The minimum absolute atomic E-state index is 0.163. The SMILES string of the molecule is COC(=O)c1ccc([C@H](CC=Cc2nc3ccccc3o2)[C@H](C)N(Cc2ccc3ccccc3c2)C(=O)C[C@H](CC(=O)O)C(=O)O)cc1. The molecular weight excluding hydrogens is 612 g/mol. The number of carboxylic acid groups (broad SMARTS) is 2. The molecule has 1 amide bonds. The van der Waals surface area contributed by atoms with Gasteiger partial charge in [0.25, 0.3) is 0 Å². The van der Waals surface area contributed by atoms with E-state index in [2.05, 4.69) is 4.98 Å². The van der Waals surface area contributed by atoms with Gasteiger partial charge in [-0.25, -0.2) is 9.78 Å². The summed E-state index contributed by atoms with van der Waals surface area (Å²) >= 11 is 0. The molecule has 0 saturated heterocycles. The molecule has 10 heteroatoms. The number of amides is 1. The number of fused-ring (bicyclic) bond motifs is 2. The maximum Gasteiger partial charge on any atom is 0.337 e. The number of carbonyl (C=O) groups excluding carboxylic acids is 2. The summed E-state index contributed by atoms with van der Waals surface area (Å²) < 4.78 is 10.7. The average molecular weight is 649 g/mol. The third-order valence-corrected chi connectivity index (χ3v) is 8.47. The molecule has 0 unspecified atom stereocenters. The summed E-state index contributed by atoms with van der Waals surface area (Å²) in [5.74, 6) is -4.90. The summed E-state index contributed by atoms with van der Waals surface area (Å²) in [6, 6.07) is 27.6. The summed E-state index contributed by atoms with van der Waals surface area (Å²) in [6.45, 7) is 2.05. The molecule has 0 fully saturated rings. The third kappa shape index (κ3) is 8.14. The van der Waals surface area contributed by atoms with Crippen molar-refractivity contribution < 1.29 is 38.5 Å².